The molecule has 28 heavy (non-hydrogen) atoms. The van der Waals surface area contributed by atoms with E-state index in [0.29, 0.717) is 29.2 Å². The Morgan fingerprint density at radius 2 is 1.61 bits per heavy atom. The number of rotatable bonds is 4. The molecule has 1 fully saturated rings. The lowest BCUT2D eigenvalue weighted by atomic mass is 9.96. The van der Waals surface area contributed by atoms with Crippen LogP contribution in [-0.2, 0) is 0 Å². The summed E-state index contributed by atoms with van der Waals surface area (Å²) >= 11 is 6.30. The summed E-state index contributed by atoms with van der Waals surface area (Å²) in [6.07, 6.45) is -4.74. The van der Waals surface area contributed by atoms with Crippen LogP contribution in [-0.4, -0.2) is 37.4 Å². The summed E-state index contributed by atoms with van der Waals surface area (Å²) < 4.78 is 54.8. The molecule has 1 heterocycles. The highest BCUT2D eigenvalue weighted by molar-refractivity contribution is 6.31. The van der Waals surface area contributed by atoms with Crippen molar-refractivity contribution >= 4 is 36.4 Å². The van der Waals surface area contributed by atoms with Crippen LogP contribution in [0.5, 0.6) is 5.75 Å². The third kappa shape index (κ3) is 6.39. The van der Waals surface area contributed by atoms with Crippen molar-refractivity contribution in [1.82, 2.24) is 10.2 Å². The second-order valence-electron chi connectivity index (χ2n) is 5.97. The van der Waals surface area contributed by atoms with E-state index >= 15 is 0 Å². The van der Waals surface area contributed by atoms with Crippen LogP contribution >= 0.6 is 36.4 Å². The Labute approximate surface area is 177 Å². The van der Waals surface area contributed by atoms with E-state index in [-0.39, 0.29) is 36.6 Å². The average Bonchev–Trinajstić information content (AvgIpc) is 2.59. The fraction of sp³-hybridized carbons (Fsp3) is 0.333. The van der Waals surface area contributed by atoms with Gasteiger partial charge in [-0.25, -0.2) is 4.39 Å². The Morgan fingerprint density at radius 1 is 1.00 bits per heavy atom. The van der Waals surface area contributed by atoms with E-state index in [2.05, 4.69) is 15.0 Å². The number of halogens is 7. The zero-order chi connectivity index (χ0) is 18.7. The summed E-state index contributed by atoms with van der Waals surface area (Å²) in [5, 5.41) is 3.65. The third-order valence-electron chi connectivity index (χ3n) is 4.20. The number of piperazine rings is 1. The second-order valence-corrected chi connectivity index (χ2v) is 6.38. The molecule has 0 aromatic heterocycles. The van der Waals surface area contributed by atoms with E-state index in [1.807, 2.05) is 0 Å². The molecule has 0 radical (unpaired) electrons. The molecule has 2 aromatic rings. The molecule has 2 aromatic carbocycles. The number of ether oxygens (including phenoxy) is 1. The molecule has 3 rings (SSSR count). The monoisotopic (exact) mass is 460 g/mol. The van der Waals surface area contributed by atoms with Gasteiger partial charge in [-0.3, -0.25) is 4.90 Å². The molecule has 0 amide bonds. The van der Waals surface area contributed by atoms with Gasteiger partial charge in [-0.15, -0.1) is 38.0 Å². The number of alkyl halides is 3. The van der Waals surface area contributed by atoms with Crippen molar-refractivity contribution in [2.45, 2.75) is 12.4 Å². The van der Waals surface area contributed by atoms with Crippen LogP contribution in [0.15, 0.2) is 42.5 Å². The van der Waals surface area contributed by atoms with Gasteiger partial charge in [0.15, 0.2) is 0 Å². The number of benzene rings is 2. The summed E-state index contributed by atoms with van der Waals surface area (Å²) in [6.45, 7) is 2.94. The fourth-order valence-electron chi connectivity index (χ4n) is 3.10. The lowest BCUT2D eigenvalue weighted by Gasteiger charge is -2.36. The maximum absolute atomic E-state index is 13.8. The lowest BCUT2D eigenvalue weighted by Crippen LogP contribution is -2.45. The molecule has 1 saturated heterocycles. The fourth-order valence-corrected chi connectivity index (χ4v) is 3.32. The number of hydrogen-bond donors (Lipinski definition) is 1. The van der Waals surface area contributed by atoms with Crippen molar-refractivity contribution in [2.24, 2.45) is 0 Å². The highest BCUT2D eigenvalue weighted by atomic mass is 35.5. The molecule has 0 spiro atoms. The summed E-state index contributed by atoms with van der Waals surface area (Å²) in [6, 6.07) is 9.39. The van der Waals surface area contributed by atoms with Gasteiger partial charge in [0.25, 0.3) is 0 Å². The second kappa shape index (κ2) is 10.5. The topological polar surface area (TPSA) is 24.5 Å². The van der Waals surface area contributed by atoms with E-state index in [4.69, 9.17) is 11.6 Å². The van der Waals surface area contributed by atoms with Crippen LogP contribution in [0.3, 0.4) is 0 Å². The molecule has 156 valence electrons. The van der Waals surface area contributed by atoms with E-state index in [1.54, 1.807) is 12.1 Å². The van der Waals surface area contributed by atoms with Crippen molar-refractivity contribution in [3.05, 3.63) is 64.4 Å². The minimum atomic E-state index is -4.74. The van der Waals surface area contributed by atoms with Crippen molar-refractivity contribution in [3.63, 3.8) is 0 Å². The van der Waals surface area contributed by atoms with Gasteiger partial charge < -0.3 is 10.1 Å². The first-order chi connectivity index (χ1) is 12.3. The van der Waals surface area contributed by atoms with Crippen LogP contribution in [0, 0.1) is 5.82 Å². The highest BCUT2D eigenvalue weighted by Gasteiger charge is 2.31. The van der Waals surface area contributed by atoms with Gasteiger partial charge >= 0.3 is 6.36 Å². The van der Waals surface area contributed by atoms with E-state index in [9.17, 15) is 17.6 Å². The van der Waals surface area contributed by atoms with E-state index < -0.39 is 12.2 Å². The molecule has 0 aliphatic carbocycles. The van der Waals surface area contributed by atoms with Gasteiger partial charge in [0.1, 0.15) is 11.6 Å². The first-order valence-electron chi connectivity index (χ1n) is 8.09. The molecule has 0 bridgehead atoms. The Kier molecular flexibility index (Phi) is 9.30. The highest BCUT2D eigenvalue weighted by Crippen LogP contribution is 2.35. The van der Waals surface area contributed by atoms with E-state index in [1.165, 1.54) is 30.3 Å². The molecular weight excluding hydrogens is 443 g/mol. The maximum atomic E-state index is 13.8. The molecule has 10 heteroatoms. The number of nitrogens with zero attached hydrogens (tertiary/aromatic N) is 1. The Morgan fingerprint density at radius 3 is 2.18 bits per heavy atom. The van der Waals surface area contributed by atoms with Crippen LogP contribution < -0.4 is 10.1 Å². The van der Waals surface area contributed by atoms with Crippen LogP contribution in [0.4, 0.5) is 17.6 Å². The Bertz CT molecular complexity index is 753. The minimum absolute atomic E-state index is 0. The van der Waals surface area contributed by atoms with Crippen LogP contribution in [0.1, 0.15) is 17.2 Å². The van der Waals surface area contributed by atoms with Crippen molar-refractivity contribution in [2.75, 3.05) is 26.2 Å². The largest absolute Gasteiger partial charge is 0.573 e. The summed E-state index contributed by atoms with van der Waals surface area (Å²) in [5.74, 6) is -0.716. The molecular formula is C18H19Cl3F4N2O. The molecule has 1 aliphatic rings. The van der Waals surface area contributed by atoms with Crippen LogP contribution in [0.2, 0.25) is 5.02 Å². The van der Waals surface area contributed by atoms with Crippen LogP contribution in [0.25, 0.3) is 0 Å². The molecule has 0 saturated carbocycles. The lowest BCUT2D eigenvalue weighted by molar-refractivity contribution is -0.274. The maximum Gasteiger partial charge on any atom is 0.573 e. The standard InChI is InChI=1S/C18H17ClF4N2O.2ClH/c19-16-6-3-13(20)11-15(16)17(25-9-7-24-8-10-25)12-1-4-14(5-2-12)26-18(21,22)23;;/h1-6,11,17,24H,7-10H2;2*1H/t17-;;/m1../s1. The van der Waals surface area contributed by atoms with Gasteiger partial charge in [-0.05, 0) is 41.5 Å². The van der Waals surface area contributed by atoms with Gasteiger partial charge in [0.2, 0.25) is 0 Å². The number of hydrogen-bond acceptors (Lipinski definition) is 3. The molecule has 1 N–H and O–H groups in total. The summed E-state index contributed by atoms with van der Waals surface area (Å²) in [5.41, 5.74) is 1.30. The van der Waals surface area contributed by atoms with Gasteiger partial charge in [0, 0.05) is 31.2 Å². The van der Waals surface area contributed by atoms with Crippen molar-refractivity contribution in [3.8, 4) is 5.75 Å². The van der Waals surface area contributed by atoms with Crippen molar-refractivity contribution in [1.29, 1.82) is 0 Å². The number of nitrogens with one attached hydrogen (secondary N) is 1. The predicted molar refractivity (Wildman–Crippen MR) is 105 cm³/mol. The third-order valence-corrected chi connectivity index (χ3v) is 4.54. The van der Waals surface area contributed by atoms with Crippen molar-refractivity contribution < 1.29 is 22.3 Å². The average molecular weight is 462 g/mol. The molecule has 3 nitrogen and oxygen atoms in total. The zero-order valence-corrected chi connectivity index (χ0v) is 16.9. The Balaban J connectivity index is 0.00000196. The molecule has 1 atom stereocenters. The van der Waals surface area contributed by atoms with Gasteiger partial charge in [-0.2, -0.15) is 0 Å². The molecule has 0 unspecified atom stereocenters. The van der Waals surface area contributed by atoms with Gasteiger partial charge in [0.05, 0.1) is 6.04 Å². The van der Waals surface area contributed by atoms with Gasteiger partial charge in [-0.1, -0.05) is 23.7 Å². The van der Waals surface area contributed by atoms with E-state index in [0.717, 1.165) is 13.1 Å². The summed E-state index contributed by atoms with van der Waals surface area (Å²) in [7, 11) is 0. The smallest absolute Gasteiger partial charge is 0.406 e. The molecule has 1 aliphatic heterocycles. The first-order valence-corrected chi connectivity index (χ1v) is 8.47. The quantitative estimate of drug-likeness (QED) is 0.632. The predicted octanol–water partition coefficient (Wildman–Crippen LogP) is 5.22. The summed E-state index contributed by atoms with van der Waals surface area (Å²) in [4.78, 5) is 2.12. The first kappa shape index (κ1) is 24.8. The Hall–Kier alpha value is -1.25. The SMILES string of the molecule is Cl.Cl.Fc1ccc(Cl)c([C@@H](c2ccc(OC(F)(F)F)cc2)N2CCNCC2)c1. The zero-order valence-electron chi connectivity index (χ0n) is 14.5. The minimum Gasteiger partial charge on any atom is -0.406 e. The normalized spacial score (nSPS) is 15.9.